The highest BCUT2D eigenvalue weighted by molar-refractivity contribution is 7.85. The van der Waals surface area contributed by atoms with Gasteiger partial charge in [-0.15, -0.1) is 0 Å². The molecule has 92 valence electrons. The Balaban J connectivity index is 3.54. The zero-order valence-electron chi connectivity index (χ0n) is 9.48. The third-order valence-electron chi connectivity index (χ3n) is 2.36. The molecule has 0 fully saturated rings. The SMILES string of the molecule is C[N+](C)(CCO)CCCCCS(=O)(=O)[O-]. The Kier molecular flexibility index (Phi) is 6.35. The minimum Gasteiger partial charge on any atom is -0.748 e. The molecule has 0 heterocycles. The maximum atomic E-state index is 10.3. The first-order valence-electron chi connectivity index (χ1n) is 5.13. The summed E-state index contributed by atoms with van der Waals surface area (Å²) in [5.41, 5.74) is 0. The molecule has 0 aromatic rings. The van der Waals surface area contributed by atoms with Crippen molar-refractivity contribution >= 4 is 10.1 Å². The Morgan fingerprint density at radius 3 is 2.20 bits per heavy atom. The first kappa shape index (κ1) is 14.8. The van der Waals surface area contributed by atoms with Gasteiger partial charge in [0.2, 0.25) is 0 Å². The van der Waals surface area contributed by atoms with Gasteiger partial charge in [0.15, 0.2) is 0 Å². The van der Waals surface area contributed by atoms with Crippen LogP contribution in [0.2, 0.25) is 0 Å². The fraction of sp³-hybridized carbons (Fsp3) is 1.00. The van der Waals surface area contributed by atoms with Gasteiger partial charge in [0, 0.05) is 5.75 Å². The van der Waals surface area contributed by atoms with Gasteiger partial charge in [-0.25, -0.2) is 8.42 Å². The quantitative estimate of drug-likeness (QED) is 0.360. The fourth-order valence-electron chi connectivity index (χ4n) is 1.38. The van der Waals surface area contributed by atoms with Gasteiger partial charge in [-0.05, 0) is 19.3 Å². The Hall–Kier alpha value is -0.170. The van der Waals surface area contributed by atoms with Crippen LogP contribution in [0.3, 0.4) is 0 Å². The fourth-order valence-corrected chi connectivity index (χ4v) is 1.94. The van der Waals surface area contributed by atoms with Crippen molar-refractivity contribution in [3.63, 3.8) is 0 Å². The molecule has 0 atom stereocenters. The van der Waals surface area contributed by atoms with Gasteiger partial charge in [0.25, 0.3) is 0 Å². The van der Waals surface area contributed by atoms with Crippen molar-refractivity contribution < 1.29 is 22.6 Å². The first-order valence-corrected chi connectivity index (χ1v) is 6.71. The van der Waals surface area contributed by atoms with E-state index in [9.17, 15) is 13.0 Å². The number of aliphatic hydroxyl groups is 1. The molecule has 0 amide bonds. The predicted molar refractivity (Wildman–Crippen MR) is 57.3 cm³/mol. The van der Waals surface area contributed by atoms with Crippen molar-refractivity contribution in [1.82, 2.24) is 0 Å². The van der Waals surface area contributed by atoms with E-state index in [1.165, 1.54) is 0 Å². The molecule has 0 bridgehead atoms. The highest BCUT2D eigenvalue weighted by Gasteiger charge is 2.12. The van der Waals surface area contributed by atoms with E-state index in [2.05, 4.69) is 0 Å². The lowest BCUT2D eigenvalue weighted by atomic mass is 10.2. The smallest absolute Gasteiger partial charge is 0.102 e. The largest absolute Gasteiger partial charge is 0.748 e. The number of hydrogen-bond donors (Lipinski definition) is 1. The summed E-state index contributed by atoms with van der Waals surface area (Å²) in [5.74, 6) is -0.263. The number of unbranched alkanes of at least 4 members (excludes halogenated alkanes) is 2. The third-order valence-corrected chi connectivity index (χ3v) is 3.15. The molecular formula is C9H21NO4S. The second-order valence-corrected chi connectivity index (χ2v) is 5.95. The van der Waals surface area contributed by atoms with Crippen LogP contribution in [0.5, 0.6) is 0 Å². The van der Waals surface area contributed by atoms with E-state index in [1.54, 1.807) is 0 Å². The Labute approximate surface area is 92.1 Å². The zero-order valence-corrected chi connectivity index (χ0v) is 10.3. The number of quaternary nitrogens is 1. The standard InChI is InChI=1S/C9H21NO4S/c1-10(2,7-8-11)6-4-3-5-9-15(12,13)14/h11H,3-9H2,1-2H3. The minimum absolute atomic E-state index is 0.155. The summed E-state index contributed by atoms with van der Waals surface area (Å²) in [6, 6.07) is 0. The van der Waals surface area contributed by atoms with E-state index in [0.29, 0.717) is 13.0 Å². The molecule has 6 heteroatoms. The topological polar surface area (TPSA) is 77.4 Å². The Morgan fingerprint density at radius 2 is 1.73 bits per heavy atom. The molecule has 0 saturated heterocycles. The summed E-state index contributed by atoms with van der Waals surface area (Å²) in [5, 5.41) is 8.77. The average Bonchev–Trinajstić information content (AvgIpc) is 2.00. The van der Waals surface area contributed by atoms with Gasteiger partial charge in [-0.1, -0.05) is 0 Å². The van der Waals surface area contributed by atoms with Crippen LogP contribution in [0.15, 0.2) is 0 Å². The molecule has 0 aliphatic carbocycles. The first-order chi connectivity index (χ1) is 6.77. The summed E-state index contributed by atoms with van der Waals surface area (Å²) in [6.45, 7) is 1.74. The van der Waals surface area contributed by atoms with Crippen molar-refractivity contribution in [2.24, 2.45) is 0 Å². The summed E-state index contributed by atoms with van der Waals surface area (Å²) in [6.07, 6.45) is 2.06. The summed E-state index contributed by atoms with van der Waals surface area (Å²) >= 11 is 0. The van der Waals surface area contributed by atoms with Crippen LogP contribution in [-0.4, -0.2) is 62.1 Å². The number of rotatable bonds is 8. The lowest BCUT2D eigenvalue weighted by Crippen LogP contribution is -2.42. The second kappa shape index (κ2) is 6.42. The van der Waals surface area contributed by atoms with E-state index in [4.69, 9.17) is 5.11 Å². The predicted octanol–water partition coefficient (Wildman–Crippen LogP) is -0.229. The minimum atomic E-state index is -4.05. The van der Waals surface area contributed by atoms with Crippen LogP contribution in [0, 0.1) is 0 Å². The van der Waals surface area contributed by atoms with E-state index in [0.717, 1.165) is 23.9 Å². The zero-order chi connectivity index (χ0) is 11.9. The average molecular weight is 239 g/mol. The van der Waals surface area contributed by atoms with Crippen LogP contribution in [0.1, 0.15) is 19.3 Å². The van der Waals surface area contributed by atoms with Crippen LogP contribution in [-0.2, 0) is 10.1 Å². The van der Waals surface area contributed by atoms with Crippen molar-refractivity contribution in [1.29, 1.82) is 0 Å². The maximum Gasteiger partial charge on any atom is 0.102 e. The molecule has 0 aliphatic heterocycles. The van der Waals surface area contributed by atoms with Crippen molar-refractivity contribution in [3.05, 3.63) is 0 Å². The van der Waals surface area contributed by atoms with Gasteiger partial charge in [0.1, 0.15) is 6.54 Å². The molecular weight excluding hydrogens is 218 g/mol. The number of hydrogen-bond acceptors (Lipinski definition) is 4. The number of nitrogens with zero attached hydrogens (tertiary/aromatic N) is 1. The van der Waals surface area contributed by atoms with E-state index >= 15 is 0 Å². The van der Waals surface area contributed by atoms with E-state index in [-0.39, 0.29) is 12.4 Å². The van der Waals surface area contributed by atoms with Crippen LogP contribution in [0.25, 0.3) is 0 Å². The molecule has 0 spiro atoms. The van der Waals surface area contributed by atoms with Crippen LogP contribution < -0.4 is 0 Å². The molecule has 0 rings (SSSR count). The molecule has 0 aromatic carbocycles. The van der Waals surface area contributed by atoms with E-state index in [1.807, 2.05) is 14.1 Å². The van der Waals surface area contributed by atoms with E-state index < -0.39 is 10.1 Å². The molecule has 0 saturated carbocycles. The molecule has 1 N–H and O–H groups in total. The van der Waals surface area contributed by atoms with Crippen LogP contribution in [0.4, 0.5) is 0 Å². The molecule has 0 aromatic heterocycles. The molecule has 15 heavy (non-hydrogen) atoms. The van der Waals surface area contributed by atoms with Gasteiger partial charge >= 0.3 is 0 Å². The maximum absolute atomic E-state index is 10.3. The highest BCUT2D eigenvalue weighted by atomic mass is 32.2. The monoisotopic (exact) mass is 239 g/mol. The number of likely N-dealkylation sites (N-methyl/N-ethyl adjacent to an activating group) is 1. The van der Waals surface area contributed by atoms with Crippen molar-refractivity contribution in [2.45, 2.75) is 19.3 Å². The summed E-state index contributed by atoms with van der Waals surface area (Å²) in [7, 11) is -0.0165. The third kappa shape index (κ3) is 10.1. The molecule has 0 aliphatic rings. The Bertz CT molecular complexity index is 261. The van der Waals surface area contributed by atoms with Crippen molar-refractivity contribution in [3.8, 4) is 0 Å². The van der Waals surface area contributed by atoms with Gasteiger partial charge < -0.3 is 14.1 Å². The van der Waals surface area contributed by atoms with Crippen LogP contribution >= 0.6 is 0 Å². The molecule has 5 nitrogen and oxygen atoms in total. The molecule has 0 unspecified atom stereocenters. The highest BCUT2D eigenvalue weighted by Crippen LogP contribution is 2.04. The summed E-state index contributed by atoms with van der Waals surface area (Å²) < 4.78 is 31.6. The molecule has 0 radical (unpaired) electrons. The van der Waals surface area contributed by atoms with Gasteiger partial charge in [-0.3, -0.25) is 0 Å². The Morgan fingerprint density at radius 1 is 1.13 bits per heavy atom. The van der Waals surface area contributed by atoms with Gasteiger partial charge in [-0.2, -0.15) is 0 Å². The van der Waals surface area contributed by atoms with Crippen molar-refractivity contribution in [2.75, 3.05) is 39.5 Å². The summed E-state index contributed by atoms with van der Waals surface area (Å²) in [4.78, 5) is 0. The lowest BCUT2D eigenvalue weighted by molar-refractivity contribution is -0.890. The normalized spacial score (nSPS) is 13.1. The number of aliphatic hydroxyl groups excluding tert-OH is 1. The van der Waals surface area contributed by atoms with Gasteiger partial charge in [0.05, 0.1) is 37.4 Å². The second-order valence-electron chi connectivity index (χ2n) is 4.43. The lowest BCUT2D eigenvalue weighted by Gasteiger charge is -2.28.